The minimum absolute atomic E-state index is 0.370. The van der Waals surface area contributed by atoms with E-state index in [0.29, 0.717) is 17.9 Å². The van der Waals surface area contributed by atoms with Gasteiger partial charge in [0.25, 0.3) is 0 Å². The van der Waals surface area contributed by atoms with Gasteiger partial charge in [-0.25, -0.2) is 0 Å². The van der Waals surface area contributed by atoms with Gasteiger partial charge in [0.1, 0.15) is 0 Å². The van der Waals surface area contributed by atoms with Crippen LogP contribution in [0.25, 0.3) is 0 Å². The summed E-state index contributed by atoms with van der Waals surface area (Å²) in [6.07, 6.45) is 2.40. The maximum Gasteiger partial charge on any atom is 0.0468 e. The van der Waals surface area contributed by atoms with E-state index in [2.05, 4.69) is 13.8 Å². The zero-order valence-electron chi connectivity index (χ0n) is 8.62. The highest BCUT2D eigenvalue weighted by Gasteiger charge is 2.59. The van der Waals surface area contributed by atoms with Gasteiger partial charge in [0.15, 0.2) is 0 Å². The summed E-state index contributed by atoms with van der Waals surface area (Å²) in [5, 5.41) is 9.21. The van der Waals surface area contributed by atoms with Crippen LogP contribution >= 0.6 is 0 Å². The van der Waals surface area contributed by atoms with Gasteiger partial charge in [0, 0.05) is 19.8 Å². The van der Waals surface area contributed by atoms with Crippen LogP contribution in [0.3, 0.4) is 0 Å². The Hall–Kier alpha value is -0.0800. The molecule has 1 aliphatic heterocycles. The third-order valence-electron chi connectivity index (χ3n) is 4.11. The Labute approximate surface area is 80.3 Å². The normalized spacial score (nSPS) is 39.0. The Morgan fingerprint density at radius 1 is 1.31 bits per heavy atom. The molecule has 2 heteroatoms. The molecule has 1 aliphatic carbocycles. The van der Waals surface area contributed by atoms with Crippen molar-refractivity contribution in [2.75, 3.05) is 19.8 Å². The smallest absolute Gasteiger partial charge is 0.0468 e. The lowest BCUT2D eigenvalue weighted by molar-refractivity contribution is 0.0542. The van der Waals surface area contributed by atoms with E-state index in [0.717, 1.165) is 25.0 Å². The third kappa shape index (κ3) is 1.50. The van der Waals surface area contributed by atoms with E-state index in [1.54, 1.807) is 0 Å². The molecular weight excluding hydrogens is 164 g/mol. The lowest BCUT2D eigenvalue weighted by atomic mass is 9.90. The first kappa shape index (κ1) is 9.47. The van der Waals surface area contributed by atoms with Crippen molar-refractivity contribution >= 4 is 0 Å². The van der Waals surface area contributed by atoms with Gasteiger partial charge in [-0.3, -0.25) is 0 Å². The van der Waals surface area contributed by atoms with Crippen LogP contribution in [0.1, 0.15) is 26.7 Å². The first-order valence-corrected chi connectivity index (χ1v) is 5.36. The fourth-order valence-corrected chi connectivity index (χ4v) is 3.15. The van der Waals surface area contributed by atoms with Crippen LogP contribution in [-0.4, -0.2) is 24.9 Å². The largest absolute Gasteiger partial charge is 0.396 e. The van der Waals surface area contributed by atoms with Gasteiger partial charge in [-0.15, -0.1) is 0 Å². The Morgan fingerprint density at radius 2 is 1.92 bits per heavy atom. The maximum atomic E-state index is 9.21. The lowest BCUT2D eigenvalue weighted by Crippen LogP contribution is -2.19. The van der Waals surface area contributed by atoms with Gasteiger partial charge < -0.3 is 9.84 Å². The number of aliphatic hydroxyl groups excluding tert-OH is 1. The molecule has 1 saturated heterocycles. The van der Waals surface area contributed by atoms with Gasteiger partial charge in [0.05, 0.1) is 0 Å². The molecule has 2 rings (SSSR count). The van der Waals surface area contributed by atoms with Crippen LogP contribution in [-0.2, 0) is 4.74 Å². The number of hydrogen-bond donors (Lipinski definition) is 1. The summed E-state index contributed by atoms with van der Waals surface area (Å²) >= 11 is 0. The highest BCUT2D eigenvalue weighted by atomic mass is 16.5. The van der Waals surface area contributed by atoms with Crippen molar-refractivity contribution < 1.29 is 9.84 Å². The molecule has 2 unspecified atom stereocenters. The summed E-state index contributed by atoms with van der Waals surface area (Å²) in [6.45, 7) is 6.79. The highest BCUT2D eigenvalue weighted by molar-refractivity contribution is 5.07. The quantitative estimate of drug-likeness (QED) is 0.707. The first-order valence-electron chi connectivity index (χ1n) is 5.36. The molecule has 13 heavy (non-hydrogen) atoms. The summed E-state index contributed by atoms with van der Waals surface area (Å²) in [4.78, 5) is 0. The second kappa shape index (κ2) is 3.25. The molecule has 0 radical (unpaired) electrons. The number of aliphatic hydroxyl groups is 1. The lowest BCUT2D eigenvalue weighted by Gasteiger charge is -2.23. The monoisotopic (exact) mass is 184 g/mol. The van der Waals surface area contributed by atoms with Crippen LogP contribution in [0.2, 0.25) is 0 Å². The molecule has 0 spiro atoms. The van der Waals surface area contributed by atoms with Gasteiger partial charge in [0.2, 0.25) is 0 Å². The molecule has 0 aromatic carbocycles. The van der Waals surface area contributed by atoms with Crippen LogP contribution in [0, 0.1) is 23.2 Å². The number of rotatable bonds is 2. The zero-order valence-corrected chi connectivity index (χ0v) is 8.62. The minimum Gasteiger partial charge on any atom is -0.396 e. The predicted octanol–water partition coefficient (Wildman–Crippen LogP) is 1.68. The van der Waals surface area contributed by atoms with E-state index in [1.165, 1.54) is 12.8 Å². The second-order valence-electron chi connectivity index (χ2n) is 5.09. The molecule has 0 amide bonds. The number of ether oxygens (including phenoxy) is 1. The fraction of sp³-hybridized carbons (Fsp3) is 1.00. The molecule has 2 atom stereocenters. The van der Waals surface area contributed by atoms with Gasteiger partial charge >= 0.3 is 0 Å². The Bertz CT molecular complexity index is 183. The minimum atomic E-state index is 0.370. The Kier molecular flexibility index (Phi) is 2.37. The number of hydrogen-bond acceptors (Lipinski definition) is 2. The zero-order chi connectivity index (χ0) is 9.47. The average Bonchev–Trinajstić information content (AvgIpc) is 2.69. The van der Waals surface area contributed by atoms with Crippen LogP contribution in [0.5, 0.6) is 0 Å². The Morgan fingerprint density at radius 3 is 2.38 bits per heavy atom. The first-order chi connectivity index (χ1) is 6.18. The molecule has 0 aromatic heterocycles. The summed E-state index contributed by atoms with van der Waals surface area (Å²) in [6, 6.07) is 0. The average molecular weight is 184 g/mol. The van der Waals surface area contributed by atoms with Gasteiger partial charge in [-0.2, -0.15) is 0 Å². The second-order valence-corrected chi connectivity index (χ2v) is 5.09. The molecule has 1 N–H and O–H groups in total. The maximum absolute atomic E-state index is 9.21. The fourth-order valence-electron chi connectivity index (χ4n) is 3.15. The van der Waals surface area contributed by atoms with E-state index in [4.69, 9.17) is 4.74 Å². The van der Waals surface area contributed by atoms with Gasteiger partial charge in [-0.05, 0) is 36.0 Å². The SMILES string of the molecule is CC1(C)C(CO)C1C1CCOCC1. The van der Waals surface area contributed by atoms with E-state index < -0.39 is 0 Å². The standard InChI is InChI=1S/C11H20O2/c1-11(2)9(7-12)10(11)8-3-5-13-6-4-8/h8-10,12H,3-7H2,1-2H3. The predicted molar refractivity (Wildman–Crippen MR) is 51.4 cm³/mol. The van der Waals surface area contributed by atoms with E-state index in [1.807, 2.05) is 0 Å². The van der Waals surface area contributed by atoms with Crippen molar-refractivity contribution in [3.8, 4) is 0 Å². The molecule has 1 heterocycles. The molecule has 2 fully saturated rings. The summed E-state index contributed by atoms with van der Waals surface area (Å²) in [5.41, 5.74) is 0.386. The summed E-state index contributed by atoms with van der Waals surface area (Å²) < 4.78 is 5.35. The Balaban J connectivity index is 1.94. The van der Waals surface area contributed by atoms with Crippen molar-refractivity contribution in [2.45, 2.75) is 26.7 Å². The molecule has 2 aliphatic rings. The molecule has 0 aromatic rings. The van der Waals surface area contributed by atoms with E-state index in [-0.39, 0.29) is 0 Å². The van der Waals surface area contributed by atoms with Crippen molar-refractivity contribution in [1.82, 2.24) is 0 Å². The molecule has 2 nitrogen and oxygen atoms in total. The van der Waals surface area contributed by atoms with Crippen molar-refractivity contribution in [2.24, 2.45) is 23.2 Å². The van der Waals surface area contributed by atoms with Crippen LogP contribution in [0.4, 0.5) is 0 Å². The van der Waals surface area contributed by atoms with Crippen LogP contribution in [0.15, 0.2) is 0 Å². The van der Waals surface area contributed by atoms with E-state index >= 15 is 0 Å². The van der Waals surface area contributed by atoms with Crippen molar-refractivity contribution in [1.29, 1.82) is 0 Å². The molecule has 1 saturated carbocycles. The summed E-state index contributed by atoms with van der Waals surface area (Å²) in [5.74, 6) is 2.11. The van der Waals surface area contributed by atoms with Crippen LogP contribution < -0.4 is 0 Å². The van der Waals surface area contributed by atoms with E-state index in [9.17, 15) is 5.11 Å². The van der Waals surface area contributed by atoms with Gasteiger partial charge in [-0.1, -0.05) is 13.8 Å². The van der Waals surface area contributed by atoms with Crippen molar-refractivity contribution in [3.05, 3.63) is 0 Å². The van der Waals surface area contributed by atoms with Crippen molar-refractivity contribution in [3.63, 3.8) is 0 Å². The topological polar surface area (TPSA) is 29.5 Å². The molecule has 0 bridgehead atoms. The molecular formula is C11H20O2. The summed E-state index contributed by atoms with van der Waals surface area (Å²) in [7, 11) is 0. The molecule has 76 valence electrons. The highest BCUT2D eigenvalue weighted by Crippen LogP contribution is 2.62. The third-order valence-corrected chi connectivity index (χ3v) is 4.11.